The fraction of sp³-hybridized carbons (Fsp3) is 0.750. The van der Waals surface area contributed by atoms with E-state index in [0.29, 0.717) is 18.2 Å². The van der Waals surface area contributed by atoms with Gasteiger partial charge in [-0.2, -0.15) is 0 Å². The lowest BCUT2D eigenvalue weighted by Crippen LogP contribution is -2.53. The number of likely N-dealkylation sites (tertiary alicyclic amines) is 1. The van der Waals surface area contributed by atoms with E-state index >= 15 is 0 Å². The normalized spacial score (nSPS) is 31.6. The Morgan fingerprint density at radius 2 is 2.04 bits per heavy atom. The molecule has 1 saturated heterocycles. The zero-order valence-electron chi connectivity index (χ0n) is 16.0. The molecule has 2 saturated carbocycles. The molecule has 1 aromatic rings. The monoisotopic (exact) mass is 374 g/mol. The predicted octanol–water partition coefficient (Wildman–Crippen LogP) is 2.18. The Kier molecular flexibility index (Phi) is 5.21. The second-order valence-corrected chi connectivity index (χ2v) is 8.59. The van der Waals surface area contributed by atoms with Crippen molar-refractivity contribution in [3.05, 3.63) is 17.5 Å². The van der Waals surface area contributed by atoms with Crippen molar-refractivity contribution in [2.24, 2.45) is 11.7 Å². The topological polar surface area (TPSA) is 101 Å². The van der Waals surface area contributed by atoms with Crippen LogP contribution in [-0.4, -0.2) is 46.5 Å². The molecular formula is C20H30N4O3. The Morgan fingerprint density at radius 3 is 2.74 bits per heavy atom. The van der Waals surface area contributed by atoms with E-state index in [-0.39, 0.29) is 35.9 Å². The highest BCUT2D eigenvalue weighted by atomic mass is 16.5. The molecule has 4 atom stereocenters. The van der Waals surface area contributed by atoms with Crippen LogP contribution in [-0.2, 0) is 4.79 Å². The minimum Gasteiger partial charge on any atom is -0.360 e. The zero-order chi connectivity index (χ0) is 19.0. The predicted molar refractivity (Wildman–Crippen MR) is 100 cm³/mol. The number of nitrogens with two attached hydrogens (primary N) is 1. The lowest BCUT2D eigenvalue weighted by molar-refractivity contribution is -0.140. The molecule has 27 heavy (non-hydrogen) atoms. The van der Waals surface area contributed by atoms with Crippen LogP contribution in [0.1, 0.15) is 80.5 Å². The summed E-state index contributed by atoms with van der Waals surface area (Å²) in [5.41, 5.74) is 6.41. The number of nitrogens with zero attached hydrogens (tertiary/aromatic N) is 2. The SMILES string of the molecule is C[C@H]1CC(NC(=O)c2cc(C3CC3)on2)CCN1C(=O)[C@H]1CCC[C@H](N)C1. The van der Waals surface area contributed by atoms with Crippen molar-refractivity contribution in [3.8, 4) is 0 Å². The van der Waals surface area contributed by atoms with Crippen LogP contribution in [0.2, 0.25) is 0 Å². The smallest absolute Gasteiger partial charge is 0.273 e. The molecule has 4 rings (SSSR count). The van der Waals surface area contributed by atoms with Gasteiger partial charge in [0.1, 0.15) is 5.76 Å². The van der Waals surface area contributed by atoms with Gasteiger partial charge in [0.05, 0.1) is 0 Å². The minimum atomic E-state index is -0.180. The van der Waals surface area contributed by atoms with Gasteiger partial charge in [-0.05, 0) is 51.9 Å². The van der Waals surface area contributed by atoms with Crippen molar-refractivity contribution in [2.75, 3.05) is 6.54 Å². The van der Waals surface area contributed by atoms with E-state index in [4.69, 9.17) is 10.3 Å². The first-order valence-electron chi connectivity index (χ1n) is 10.3. The molecule has 3 N–H and O–H groups in total. The molecule has 2 amide bonds. The summed E-state index contributed by atoms with van der Waals surface area (Å²) >= 11 is 0. The number of piperidine rings is 1. The van der Waals surface area contributed by atoms with Crippen molar-refractivity contribution < 1.29 is 14.1 Å². The van der Waals surface area contributed by atoms with Crippen molar-refractivity contribution in [1.29, 1.82) is 0 Å². The van der Waals surface area contributed by atoms with Gasteiger partial charge in [-0.25, -0.2) is 0 Å². The van der Waals surface area contributed by atoms with Crippen LogP contribution in [0.25, 0.3) is 0 Å². The van der Waals surface area contributed by atoms with Crippen LogP contribution in [0.5, 0.6) is 0 Å². The molecule has 7 nitrogen and oxygen atoms in total. The molecule has 2 aliphatic carbocycles. The first-order valence-corrected chi connectivity index (χ1v) is 10.3. The van der Waals surface area contributed by atoms with Gasteiger partial charge < -0.3 is 20.5 Å². The molecule has 0 spiro atoms. The van der Waals surface area contributed by atoms with Crippen molar-refractivity contribution in [2.45, 2.75) is 82.3 Å². The molecule has 0 bridgehead atoms. The average Bonchev–Trinajstić information content (AvgIpc) is 3.38. The molecule has 1 aliphatic heterocycles. The maximum absolute atomic E-state index is 12.9. The number of rotatable bonds is 4. The molecule has 3 aliphatic rings. The van der Waals surface area contributed by atoms with Crippen molar-refractivity contribution >= 4 is 11.8 Å². The molecule has 1 unspecified atom stereocenters. The van der Waals surface area contributed by atoms with Gasteiger partial charge >= 0.3 is 0 Å². The molecule has 0 radical (unpaired) electrons. The van der Waals surface area contributed by atoms with Gasteiger partial charge in [0.2, 0.25) is 5.91 Å². The summed E-state index contributed by atoms with van der Waals surface area (Å²) in [5.74, 6) is 1.40. The molecule has 2 heterocycles. The van der Waals surface area contributed by atoms with E-state index in [1.54, 1.807) is 6.07 Å². The third-order valence-electron chi connectivity index (χ3n) is 6.30. The van der Waals surface area contributed by atoms with E-state index < -0.39 is 0 Å². The largest absolute Gasteiger partial charge is 0.360 e. The number of aromatic nitrogens is 1. The van der Waals surface area contributed by atoms with Crippen molar-refractivity contribution in [3.63, 3.8) is 0 Å². The van der Waals surface area contributed by atoms with Crippen LogP contribution >= 0.6 is 0 Å². The van der Waals surface area contributed by atoms with Gasteiger partial charge in [0.15, 0.2) is 5.69 Å². The number of amides is 2. The Labute approximate surface area is 160 Å². The summed E-state index contributed by atoms with van der Waals surface area (Å²) < 4.78 is 5.27. The summed E-state index contributed by atoms with van der Waals surface area (Å²) in [6.45, 7) is 2.75. The van der Waals surface area contributed by atoms with E-state index in [9.17, 15) is 9.59 Å². The quantitative estimate of drug-likeness (QED) is 0.841. The lowest BCUT2D eigenvalue weighted by Gasteiger charge is -2.40. The Morgan fingerprint density at radius 1 is 1.22 bits per heavy atom. The van der Waals surface area contributed by atoms with Crippen LogP contribution in [0.4, 0.5) is 0 Å². The third kappa shape index (κ3) is 4.18. The summed E-state index contributed by atoms with van der Waals surface area (Å²) in [4.78, 5) is 27.3. The average molecular weight is 374 g/mol. The molecular weight excluding hydrogens is 344 g/mol. The van der Waals surface area contributed by atoms with Crippen molar-refractivity contribution in [1.82, 2.24) is 15.4 Å². The summed E-state index contributed by atoms with van der Waals surface area (Å²) in [5, 5.41) is 6.97. The van der Waals surface area contributed by atoms with Gasteiger partial charge in [0.25, 0.3) is 5.91 Å². The first-order chi connectivity index (χ1) is 13.0. The summed E-state index contributed by atoms with van der Waals surface area (Å²) in [7, 11) is 0. The number of nitrogens with one attached hydrogen (secondary N) is 1. The second kappa shape index (κ2) is 7.62. The van der Waals surface area contributed by atoms with Crippen LogP contribution in [0, 0.1) is 5.92 Å². The maximum Gasteiger partial charge on any atom is 0.273 e. The highest BCUT2D eigenvalue weighted by Crippen LogP contribution is 2.40. The first kappa shape index (κ1) is 18.5. The van der Waals surface area contributed by atoms with Crippen LogP contribution in [0.3, 0.4) is 0 Å². The Hall–Kier alpha value is -1.89. The highest BCUT2D eigenvalue weighted by Gasteiger charge is 2.35. The number of hydrogen-bond donors (Lipinski definition) is 2. The van der Waals surface area contributed by atoms with Gasteiger partial charge in [-0.1, -0.05) is 11.6 Å². The van der Waals surface area contributed by atoms with E-state index in [2.05, 4.69) is 17.4 Å². The van der Waals surface area contributed by atoms with Gasteiger partial charge in [-0.3, -0.25) is 9.59 Å². The van der Waals surface area contributed by atoms with E-state index in [0.717, 1.165) is 57.1 Å². The van der Waals surface area contributed by atoms with Gasteiger partial charge in [0, 0.05) is 42.6 Å². The molecule has 0 aromatic carbocycles. The molecule has 148 valence electrons. The van der Waals surface area contributed by atoms with E-state index in [1.165, 1.54) is 0 Å². The molecule has 7 heteroatoms. The molecule has 3 fully saturated rings. The second-order valence-electron chi connectivity index (χ2n) is 8.59. The third-order valence-corrected chi connectivity index (χ3v) is 6.30. The summed E-state index contributed by atoms with van der Waals surface area (Å²) in [6, 6.07) is 2.10. The highest BCUT2D eigenvalue weighted by molar-refractivity contribution is 5.92. The maximum atomic E-state index is 12.9. The number of carbonyl (C=O) groups is 2. The fourth-order valence-corrected chi connectivity index (χ4v) is 4.53. The zero-order valence-corrected chi connectivity index (χ0v) is 16.0. The standard InChI is InChI=1S/C20H30N4O3/c1-12-9-16(22-19(25)17-11-18(27-23-17)13-5-6-13)7-8-24(12)20(26)14-3-2-4-15(21)10-14/h11-16H,2-10,21H2,1H3,(H,22,25)/t12-,14-,15-,16?/m0/s1. The van der Waals surface area contributed by atoms with Crippen LogP contribution in [0.15, 0.2) is 10.6 Å². The number of carbonyl (C=O) groups excluding carboxylic acids is 2. The fourth-order valence-electron chi connectivity index (χ4n) is 4.53. The Balaban J connectivity index is 1.30. The Bertz CT molecular complexity index is 699. The lowest BCUT2D eigenvalue weighted by atomic mass is 9.84. The van der Waals surface area contributed by atoms with Gasteiger partial charge in [-0.15, -0.1) is 0 Å². The number of hydrogen-bond acceptors (Lipinski definition) is 5. The van der Waals surface area contributed by atoms with Crippen LogP contribution < -0.4 is 11.1 Å². The molecule has 1 aromatic heterocycles. The summed E-state index contributed by atoms with van der Waals surface area (Å²) in [6.07, 6.45) is 7.59. The van der Waals surface area contributed by atoms with E-state index in [1.807, 2.05) is 4.90 Å². The minimum absolute atomic E-state index is 0.0613.